The van der Waals surface area contributed by atoms with Crippen molar-refractivity contribution < 1.29 is 19.2 Å². The highest BCUT2D eigenvalue weighted by atomic mass is 16.6. The first-order valence-electron chi connectivity index (χ1n) is 10.4. The normalized spacial score (nSPS) is 20.7. The molecule has 9 nitrogen and oxygen atoms in total. The van der Waals surface area contributed by atoms with Crippen LogP contribution in [0, 0.1) is 10.1 Å². The van der Waals surface area contributed by atoms with Gasteiger partial charge in [0.05, 0.1) is 11.1 Å². The van der Waals surface area contributed by atoms with Crippen molar-refractivity contribution in [3.05, 3.63) is 39.9 Å². The fourth-order valence-electron chi connectivity index (χ4n) is 4.03. The summed E-state index contributed by atoms with van der Waals surface area (Å²) in [6.07, 6.45) is 2.52. The summed E-state index contributed by atoms with van der Waals surface area (Å²) in [6, 6.07) is 6.04. The Morgan fingerprint density at radius 3 is 2.37 bits per heavy atom. The molecule has 2 aliphatic rings. The lowest BCUT2D eigenvalue weighted by Crippen LogP contribution is -2.59. The van der Waals surface area contributed by atoms with E-state index in [4.69, 9.17) is 4.74 Å². The number of carbonyl (C=O) groups is 2. The minimum absolute atomic E-state index is 0.0445. The third-order valence-corrected chi connectivity index (χ3v) is 5.45. The lowest BCUT2D eigenvalue weighted by Gasteiger charge is -2.45. The lowest BCUT2D eigenvalue weighted by molar-refractivity contribution is -0.385. The van der Waals surface area contributed by atoms with Crippen molar-refractivity contribution in [2.45, 2.75) is 51.8 Å². The SMILES string of the molecule is CC(C)(C)OC(=O)N1CCCCC1N1CCN(C(=O)c2ccccc2[N+](=O)[O-])CC1. The monoisotopic (exact) mass is 418 g/mol. The van der Waals surface area contributed by atoms with E-state index in [1.54, 1.807) is 21.9 Å². The van der Waals surface area contributed by atoms with Crippen molar-refractivity contribution >= 4 is 17.7 Å². The number of hydrogen-bond donors (Lipinski definition) is 0. The lowest BCUT2D eigenvalue weighted by atomic mass is 10.1. The molecule has 0 saturated carbocycles. The van der Waals surface area contributed by atoms with Gasteiger partial charge in [-0.3, -0.25) is 24.7 Å². The zero-order valence-corrected chi connectivity index (χ0v) is 17.9. The summed E-state index contributed by atoms with van der Waals surface area (Å²) in [5.74, 6) is -0.324. The number of nitrogens with zero attached hydrogens (tertiary/aromatic N) is 4. The quantitative estimate of drug-likeness (QED) is 0.553. The van der Waals surface area contributed by atoms with E-state index in [9.17, 15) is 19.7 Å². The van der Waals surface area contributed by atoms with Gasteiger partial charge in [-0.25, -0.2) is 4.79 Å². The minimum Gasteiger partial charge on any atom is -0.444 e. The van der Waals surface area contributed by atoms with E-state index in [1.807, 2.05) is 20.8 Å². The number of nitro groups is 1. The molecule has 0 spiro atoms. The van der Waals surface area contributed by atoms with Crippen LogP contribution in [-0.2, 0) is 4.74 Å². The van der Waals surface area contributed by atoms with E-state index in [0.29, 0.717) is 32.7 Å². The average molecular weight is 418 g/mol. The molecule has 2 fully saturated rings. The Labute approximate surface area is 176 Å². The van der Waals surface area contributed by atoms with Gasteiger partial charge < -0.3 is 9.64 Å². The second kappa shape index (κ2) is 8.99. The predicted octanol–water partition coefficient (Wildman–Crippen LogP) is 3.10. The summed E-state index contributed by atoms with van der Waals surface area (Å²) in [7, 11) is 0. The first-order valence-corrected chi connectivity index (χ1v) is 10.4. The number of nitro benzene ring substituents is 1. The van der Waals surface area contributed by atoms with Gasteiger partial charge in [0.25, 0.3) is 11.6 Å². The topological polar surface area (TPSA) is 96.2 Å². The molecular weight excluding hydrogens is 388 g/mol. The van der Waals surface area contributed by atoms with E-state index in [-0.39, 0.29) is 29.4 Å². The first kappa shape index (κ1) is 22.0. The maximum absolute atomic E-state index is 12.9. The van der Waals surface area contributed by atoms with Crippen LogP contribution in [0.2, 0.25) is 0 Å². The van der Waals surface area contributed by atoms with Crippen molar-refractivity contribution in [3.8, 4) is 0 Å². The Morgan fingerprint density at radius 2 is 1.73 bits per heavy atom. The number of piperidine rings is 1. The Bertz CT molecular complexity index is 799. The van der Waals surface area contributed by atoms with Gasteiger partial charge in [-0.15, -0.1) is 0 Å². The smallest absolute Gasteiger partial charge is 0.411 e. The third-order valence-electron chi connectivity index (χ3n) is 5.45. The molecule has 2 saturated heterocycles. The largest absolute Gasteiger partial charge is 0.444 e. The van der Waals surface area contributed by atoms with E-state index in [2.05, 4.69) is 4.90 Å². The molecular formula is C21H30N4O5. The Hall–Kier alpha value is -2.68. The van der Waals surface area contributed by atoms with Crippen LogP contribution in [0.5, 0.6) is 0 Å². The summed E-state index contributed by atoms with van der Waals surface area (Å²) in [5.41, 5.74) is -0.605. The first-order chi connectivity index (χ1) is 14.2. The standard InChI is InChI=1S/C21H30N4O5/c1-21(2,3)30-20(27)24-11-7-6-10-18(24)22-12-14-23(15-13-22)19(26)16-8-4-5-9-17(16)25(28)29/h4-5,8-9,18H,6-7,10-15H2,1-3H3. The molecule has 0 aliphatic carbocycles. The molecule has 0 radical (unpaired) electrons. The van der Waals surface area contributed by atoms with Crippen LogP contribution in [0.1, 0.15) is 50.4 Å². The molecule has 2 aliphatic heterocycles. The van der Waals surface area contributed by atoms with Gasteiger partial charge in [-0.1, -0.05) is 12.1 Å². The number of para-hydroxylation sites is 1. The molecule has 1 unspecified atom stereocenters. The summed E-state index contributed by atoms with van der Waals surface area (Å²) in [6.45, 7) is 8.37. The second-order valence-corrected chi connectivity index (χ2v) is 8.75. The van der Waals surface area contributed by atoms with Gasteiger partial charge in [0.2, 0.25) is 0 Å². The van der Waals surface area contributed by atoms with Gasteiger partial charge in [0.1, 0.15) is 11.2 Å². The van der Waals surface area contributed by atoms with Crippen LogP contribution in [0.25, 0.3) is 0 Å². The van der Waals surface area contributed by atoms with E-state index in [1.165, 1.54) is 12.1 Å². The Morgan fingerprint density at radius 1 is 1.07 bits per heavy atom. The number of amides is 2. The number of benzene rings is 1. The minimum atomic E-state index is -0.547. The molecule has 1 aromatic rings. The average Bonchev–Trinajstić information content (AvgIpc) is 2.72. The molecule has 0 bridgehead atoms. The molecule has 164 valence electrons. The van der Waals surface area contributed by atoms with Crippen molar-refractivity contribution in [1.82, 2.24) is 14.7 Å². The molecule has 2 amide bonds. The summed E-state index contributed by atoms with van der Waals surface area (Å²) >= 11 is 0. The van der Waals surface area contributed by atoms with E-state index in [0.717, 1.165) is 19.3 Å². The van der Waals surface area contributed by atoms with Crippen LogP contribution in [0.3, 0.4) is 0 Å². The molecule has 0 N–H and O–H groups in total. The molecule has 9 heteroatoms. The second-order valence-electron chi connectivity index (χ2n) is 8.75. The number of likely N-dealkylation sites (tertiary alicyclic amines) is 1. The highest BCUT2D eigenvalue weighted by Gasteiger charge is 2.36. The van der Waals surface area contributed by atoms with Gasteiger partial charge in [-0.2, -0.15) is 0 Å². The number of carbonyl (C=O) groups excluding carboxylic acids is 2. The maximum Gasteiger partial charge on any atom is 0.411 e. The number of ether oxygens (including phenoxy) is 1. The van der Waals surface area contributed by atoms with E-state index >= 15 is 0 Å². The zero-order valence-electron chi connectivity index (χ0n) is 17.9. The fourth-order valence-corrected chi connectivity index (χ4v) is 4.03. The third kappa shape index (κ3) is 5.08. The number of rotatable bonds is 3. The number of hydrogen-bond acceptors (Lipinski definition) is 6. The van der Waals surface area contributed by atoms with Gasteiger partial charge >= 0.3 is 6.09 Å². The molecule has 3 rings (SSSR count). The highest BCUT2D eigenvalue weighted by molar-refractivity contribution is 5.98. The zero-order chi connectivity index (χ0) is 21.9. The molecule has 1 atom stereocenters. The van der Waals surface area contributed by atoms with Crippen molar-refractivity contribution in [3.63, 3.8) is 0 Å². The van der Waals surface area contributed by atoms with Gasteiger partial charge in [0, 0.05) is 38.8 Å². The molecule has 30 heavy (non-hydrogen) atoms. The van der Waals surface area contributed by atoms with Crippen LogP contribution in [0.4, 0.5) is 10.5 Å². The van der Waals surface area contributed by atoms with Crippen LogP contribution < -0.4 is 0 Å². The van der Waals surface area contributed by atoms with Crippen LogP contribution >= 0.6 is 0 Å². The summed E-state index contributed by atoms with van der Waals surface area (Å²) < 4.78 is 5.58. The van der Waals surface area contributed by atoms with Crippen LogP contribution in [-0.4, -0.2) is 76.1 Å². The fraction of sp³-hybridized carbons (Fsp3) is 0.619. The highest BCUT2D eigenvalue weighted by Crippen LogP contribution is 2.25. The maximum atomic E-state index is 12.9. The van der Waals surface area contributed by atoms with Gasteiger partial charge in [0.15, 0.2) is 0 Å². The molecule has 2 heterocycles. The van der Waals surface area contributed by atoms with Crippen LogP contribution in [0.15, 0.2) is 24.3 Å². The van der Waals surface area contributed by atoms with Crippen molar-refractivity contribution in [1.29, 1.82) is 0 Å². The molecule has 1 aromatic carbocycles. The molecule has 0 aromatic heterocycles. The predicted molar refractivity (Wildman–Crippen MR) is 111 cm³/mol. The van der Waals surface area contributed by atoms with E-state index < -0.39 is 10.5 Å². The van der Waals surface area contributed by atoms with Gasteiger partial charge in [-0.05, 0) is 46.1 Å². The van der Waals surface area contributed by atoms with Crippen molar-refractivity contribution in [2.75, 3.05) is 32.7 Å². The number of piperazine rings is 1. The summed E-state index contributed by atoms with van der Waals surface area (Å²) in [4.78, 5) is 41.9. The summed E-state index contributed by atoms with van der Waals surface area (Å²) in [5, 5.41) is 11.2. The Balaban J connectivity index is 1.65. The van der Waals surface area contributed by atoms with Crippen molar-refractivity contribution in [2.24, 2.45) is 0 Å². The Kier molecular flexibility index (Phi) is 6.60.